The lowest BCUT2D eigenvalue weighted by molar-refractivity contribution is -0.116. The number of aromatic nitrogens is 4. The van der Waals surface area contributed by atoms with Crippen LogP contribution in [-0.2, 0) is 11.2 Å². The Labute approximate surface area is 183 Å². The molecule has 1 aromatic carbocycles. The van der Waals surface area contributed by atoms with Crippen LogP contribution >= 0.6 is 0 Å². The Hall–Kier alpha value is -3.22. The Bertz CT molecular complexity index is 1100. The van der Waals surface area contributed by atoms with Crippen molar-refractivity contribution in [3.63, 3.8) is 0 Å². The molecule has 0 saturated carbocycles. The van der Waals surface area contributed by atoms with Crippen LogP contribution in [-0.4, -0.2) is 38.7 Å². The van der Waals surface area contributed by atoms with Gasteiger partial charge in [-0.3, -0.25) is 4.79 Å². The Morgan fingerprint density at radius 2 is 1.77 bits per heavy atom. The molecule has 1 aliphatic rings. The number of nitrogens with zero attached hydrogens (tertiary/aromatic N) is 5. The first-order valence-electron chi connectivity index (χ1n) is 10.9. The fraction of sp³-hybridized carbons (Fsp3) is 0.417. The molecular weight excluding hydrogens is 388 g/mol. The maximum Gasteiger partial charge on any atom is 0.224 e. The van der Waals surface area contributed by atoms with E-state index in [1.807, 2.05) is 56.6 Å². The minimum Gasteiger partial charge on any atom is -0.356 e. The summed E-state index contributed by atoms with van der Waals surface area (Å²) in [6.07, 6.45) is 5.06. The van der Waals surface area contributed by atoms with Gasteiger partial charge in [0, 0.05) is 37.0 Å². The van der Waals surface area contributed by atoms with E-state index in [0.29, 0.717) is 12.8 Å². The summed E-state index contributed by atoms with van der Waals surface area (Å²) < 4.78 is 1.87. The predicted octanol–water partition coefficient (Wildman–Crippen LogP) is 4.07. The summed E-state index contributed by atoms with van der Waals surface area (Å²) in [6.45, 7) is 10.1. The van der Waals surface area contributed by atoms with E-state index in [0.717, 1.165) is 58.5 Å². The quantitative estimate of drug-likeness (QED) is 0.653. The highest BCUT2D eigenvalue weighted by Crippen LogP contribution is 2.23. The van der Waals surface area contributed by atoms with Crippen molar-refractivity contribution in [1.82, 2.24) is 19.7 Å². The van der Waals surface area contributed by atoms with Gasteiger partial charge < -0.3 is 10.2 Å². The van der Waals surface area contributed by atoms with E-state index in [9.17, 15) is 4.79 Å². The molecule has 1 aliphatic heterocycles. The van der Waals surface area contributed by atoms with Gasteiger partial charge in [0.25, 0.3) is 0 Å². The van der Waals surface area contributed by atoms with Gasteiger partial charge >= 0.3 is 0 Å². The molecule has 7 nitrogen and oxygen atoms in total. The first-order chi connectivity index (χ1) is 14.9. The number of rotatable bonds is 6. The first-order valence-corrected chi connectivity index (χ1v) is 10.9. The highest BCUT2D eigenvalue weighted by Gasteiger charge is 2.18. The van der Waals surface area contributed by atoms with Crippen LogP contribution in [0.25, 0.3) is 5.82 Å². The number of nitrogens with one attached hydrogen (secondary N) is 1. The molecule has 162 valence electrons. The number of aryl methyl sites for hydroxylation is 3. The van der Waals surface area contributed by atoms with Gasteiger partial charge in [0.2, 0.25) is 5.91 Å². The van der Waals surface area contributed by atoms with Crippen LogP contribution in [0.3, 0.4) is 0 Å². The molecule has 0 aliphatic carbocycles. The third-order valence-electron chi connectivity index (χ3n) is 6.00. The van der Waals surface area contributed by atoms with Gasteiger partial charge in [-0.05, 0) is 69.7 Å². The maximum atomic E-state index is 12.6. The molecule has 1 fully saturated rings. The van der Waals surface area contributed by atoms with Crippen molar-refractivity contribution >= 4 is 17.4 Å². The van der Waals surface area contributed by atoms with E-state index in [-0.39, 0.29) is 5.91 Å². The summed E-state index contributed by atoms with van der Waals surface area (Å²) in [4.78, 5) is 23.8. The SMILES string of the molecule is Cc1ccc(C)c(NC(=O)CCc2c(C)nn(-c3cc(N4CCCC4)ncn3)c2C)c1. The standard InChI is InChI=1S/C24H30N6O/c1-16-7-8-17(2)21(13-16)27-24(31)10-9-20-18(3)28-30(19(20)4)23-14-22(25-15-26-23)29-11-5-6-12-29/h7-8,13-15H,5-6,9-12H2,1-4H3,(H,27,31). The molecule has 0 radical (unpaired) electrons. The van der Waals surface area contributed by atoms with Crippen molar-refractivity contribution in [2.45, 2.75) is 53.4 Å². The smallest absolute Gasteiger partial charge is 0.224 e. The molecule has 3 heterocycles. The molecule has 0 bridgehead atoms. The first kappa shape index (κ1) is 21.0. The van der Waals surface area contributed by atoms with Crippen LogP contribution in [0.15, 0.2) is 30.6 Å². The monoisotopic (exact) mass is 418 g/mol. The molecule has 1 saturated heterocycles. The summed E-state index contributed by atoms with van der Waals surface area (Å²) in [5.74, 6) is 1.73. The van der Waals surface area contributed by atoms with E-state index in [4.69, 9.17) is 5.10 Å². The van der Waals surface area contributed by atoms with Crippen LogP contribution < -0.4 is 10.2 Å². The Kier molecular flexibility index (Phi) is 6.02. The van der Waals surface area contributed by atoms with Crippen LogP contribution in [0.4, 0.5) is 11.5 Å². The lowest BCUT2D eigenvalue weighted by atomic mass is 10.1. The Morgan fingerprint density at radius 3 is 2.55 bits per heavy atom. The van der Waals surface area contributed by atoms with Crippen molar-refractivity contribution in [2.75, 3.05) is 23.3 Å². The zero-order valence-electron chi connectivity index (χ0n) is 18.8. The molecule has 0 atom stereocenters. The largest absolute Gasteiger partial charge is 0.356 e. The summed E-state index contributed by atoms with van der Waals surface area (Å²) in [5, 5.41) is 7.76. The van der Waals surface area contributed by atoms with E-state index >= 15 is 0 Å². The van der Waals surface area contributed by atoms with Gasteiger partial charge in [-0.25, -0.2) is 14.6 Å². The van der Waals surface area contributed by atoms with Gasteiger partial charge in [0.1, 0.15) is 12.1 Å². The Morgan fingerprint density at radius 1 is 1.03 bits per heavy atom. The molecule has 3 aromatic rings. The van der Waals surface area contributed by atoms with Gasteiger partial charge in [-0.1, -0.05) is 12.1 Å². The van der Waals surface area contributed by atoms with E-state index in [1.54, 1.807) is 6.33 Å². The van der Waals surface area contributed by atoms with Crippen LogP contribution in [0.2, 0.25) is 0 Å². The molecule has 31 heavy (non-hydrogen) atoms. The summed E-state index contributed by atoms with van der Waals surface area (Å²) in [7, 11) is 0. The second-order valence-corrected chi connectivity index (χ2v) is 8.36. The minimum absolute atomic E-state index is 0.0126. The number of amides is 1. The van der Waals surface area contributed by atoms with Crippen molar-refractivity contribution < 1.29 is 4.79 Å². The van der Waals surface area contributed by atoms with E-state index in [1.165, 1.54) is 12.8 Å². The third-order valence-corrected chi connectivity index (χ3v) is 6.00. The Balaban J connectivity index is 1.48. The number of carbonyl (C=O) groups excluding carboxylic acids is 1. The molecule has 0 spiro atoms. The summed E-state index contributed by atoms with van der Waals surface area (Å²) >= 11 is 0. The van der Waals surface area contributed by atoms with Gasteiger partial charge in [-0.15, -0.1) is 0 Å². The average molecular weight is 419 g/mol. The van der Waals surface area contributed by atoms with Gasteiger partial charge in [0.05, 0.1) is 5.69 Å². The lowest BCUT2D eigenvalue weighted by Crippen LogP contribution is -2.19. The number of carbonyl (C=O) groups is 1. The summed E-state index contributed by atoms with van der Waals surface area (Å²) in [5.41, 5.74) is 6.12. The molecule has 4 rings (SSSR count). The number of benzene rings is 1. The molecule has 2 aromatic heterocycles. The van der Waals surface area contributed by atoms with E-state index < -0.39 is 0 Å². The van der Waals surface area contributed by atoms with E-state index in [2.05, 4.69) is 20.2 Å². The van der Waals surface area contributed by atoms with Crippen molar-refractivity contribution in [3.05, 3.63) is 58.7 Å². The van der Waals surface area contributed by atoms with Gasteiger partial charge in [0.15, 0.2) is 5.82 Å². The molecule has 1 N–H and O–H groups in total. The highest BCUT2D eigenvalue weighted by molar-refractivity contribution is 5.91. The van der Waals surface area contributed by atoms with Crippen LogP contribution in [0.1, 0.15) is 47.3 Å². The molecule has 7 heteroatoms. The normalized spacial score (nSPS) is 13.6. The van der Waals surface area contributed by atoms with Crippen molar-refractivity contribution in [2.24, 2.45) is 0 Å². The number of anilines is 2. The topological polar surface area (TPSA) is 75.9 Å². The number of hydrogen-bond donors (Lipinski definition) is 1. The van der Waals surface area contributed by atoms with Gasteiger partial charge in [-0.2, -0.15) is 5.10 Å². The minimum atomic E-state index is 0.0126. The summed E-state index contributed by atoms with van der Waals surface area (Å²) in [6, 6.07) is 8.09. The maximum absolute atomic E-state index is 12.6. The third kappa shape index (κ3) is 4.60. The second-order valence-electron chi connectivity index (χ2n) is 8.36. The number of hydrogen-bond acceptors (Lipinski definition) is 5. The zero-order chi connectivity index (χ0) is 22.0. The molecule has 1 amide bonds. The lowest BCUT2D eigenvalue weighted by Gasteiger charge is -2.16. The fourth-order valence-electron chi connectivity index (χ4n) is 4.15. The second kappa shape index (κ2) is 8.88. The van der Waals surface area contributed by atoms with Crippen molar-refractivity contribution in [1.29, 1.82) is 0 Å². The zero-order valence-corrected chi connectivity index (χ0v) is 18.8. The van der Waals surface area contributed by atoms with Crippen LogP contribution in [0, 0.1) is 27.7 Å². The average Bonchev–Trinajstić information content (AvgIpc) is 3.38. The predicted molar refractivity (Wildman–Crippen MR) is 123 cm³/mol. The molecular formula is C24H30N6O. The van der Waals surface area contributed by atoms with Crippen LogP contribution in [0.5, 0.6) is 0 Å². The van der Waals surface area contributed by atoms with Crippen molar-refractivity contribution in [3.8, 4) is 5.82 Å². The molecule has 0 unspecified atom stereocenters. The highest BCUT2D eigenvalue weighted by atomic mass is 16.1. The fourth-order valence-corrected chi connectivity index (χ4v) is 4.15.